The molecule has 0 aliphatic carbocycles. The number of unbranched alkanes of at least 4 members (excludes halogenated alkanes) is 3. The van der Waals surface area contributed by atoms with E-state index in [1.165, 1.54) is 17.2 Å². The Labute approximate surface area is 465 Å². The summed E-state index contributed by atoms with van der Waals surface area (Å²) in [6.07, 6.45) is 6.46. The largest absolute Gasteiger partial charge is 0.489 e. The number of benzene rings is 3. The molecule has 3 aliphatic rings. The van der Waals surface area contributed by atoms with Crippen LogP contribution >= 0.6 is 24.2 Å². The maximum absolute atomic E-state index is 13.4. The number of para-hydroxylation sites is 1. The monoisotopic (exact) mass is 1130 g/mol. The number of thiol groups is 1. The van der Waals surface area contributed by atoms with Gasteiger partial charge in [-0.3, -0.25) is 43.8 Å². The SMILES string of the molecule is Cc1cc(Nc2ncc(Cl)c(Nc3ccccc3S(=O)(=O)C(C)C)n2)c(OC(C)C)cc1C1CCN(C(=O)CCCCCCC(=O)N(CCS)CC(=O)NCCNc2cccc3c2C(=O)N(C2CCC(=O)NC2=O)C3=O)CC1. The number of imide groups is 2. The Bertz CT molecular complexity index is 3020. The predicted octanol–water partition coefficient (Wildman–Crippen LogP) is 7.33. The summed E-state index contributed by atoms with van der Waals surface area (Å²) in [5.41, 5.74) is 3.79. The second-order valence-electron chi connectivity index (χ2n) is 20.2. The number of fused-ring (bicyclic) bond motifs is 1. The van der Waals surface area contributed by atoms with Gasteiger partial charge in [0.05, 0.1) is 51.5 Å². The molecule has 0 radical (unpaired) electrons. The maximum atomic E-state index is 13.4. The second kappa shape index (κ2) is 26.7. The van der Waals surface area contributed by atoms with Gasteiger partial charge in [0.1, 0.15) is 16.8 Å². The van der Waals surface area contributed by atoms with E-state index in [4.69, 9.17) is 16.3 Å². The Hall–Kier alpha value is -6.78. The lowest BCUT2D eigenvalue weighted by Gasteiger charge is -2.33. The highest BCUT2D eigenvalue weighted by Gasteiger charge is 2.45. The molecule has 20 nitrogen and oxygen atoms in total. The first-order valence-corrected chi connectivity index (χ1v) is 29.0. The lowest BCUT2D eigenvalue weighted by molar-refractivity contribution is -0.136. The zero-order chi connectivity index (χ0) is 56.3. The second-order valence-corrected chi connectivity index (χ2v) is 23.5. The number of likely N-dealkylation sites (tertiary alicyclic amines) is 1. The van der Waals surface area contributed by atoms with E-state index in [2.05, 4.69) is 55.2 Å². The molecule has 418 valence electrons. The summed E-state index contributed by atoms with van der Waals surface area (Å²) in [5, 5.41) is 14.0. The third kappa shape index (κ3) is 14.5. The molecule has 5 N–H and O–H groups in total. The first-order valence-electron chi connectivity index (χ1n) is 26.5. The molecule has 1 atom stereocenters. The van der Waals surface area contributed by atoms with Crippen LogP contribution in [-0.4, -0.2) is 137 Å². The number of aromatic nitrogens is 2. The minimum Gasteiger partial charge on any atom is -0.489 e. The van der Waals surface area contributed by atoms with Crippen LogP contribution in [0.3, 0.4) is 0 Å². The fourth-order valence-electron chi connectivity index (χ4n) is 9.79. The first kappa shape index (κ1) is 58.9. The number of anilines is 5. The van der Waals surface area contributed by atoms with E-state index in [1.54, 1.807) is 50.2 Å². The van der Waals surface area contributed by atoms with E-state index < -0.39 is 44.8 Å². The van der Waals surface area contributed by atoms with Gasteiger partial charge in [-0.05, 0) is 120 Å². The van der Waals surface area contributed by atoms with Gasteiger partial charge in [-0.1, -0.05) is 42.6 Å². The molecule has 4 heterocycles. The van der Waals surface area contributed by atoms with Gasteiger partial charge < -0.3 is 35.8 Å². The number of nitrogens with zero attached hydrogens (tertiary/aromatic N) is 5. The van der Waals surface area contributed by atoms with Crippen molar-refractivity contribution in [3.05, 3.63) is 88.1 Å². The number of hydrogen-bond acceptors (Lipinski definition) is 16. The third-order valence-corrected chi connectivity index (χ3v) is 16.6. The third-order valence-electron chi connectivity index (χ3n) is 13.9. The number of halogens is 1. The molecular formula is C55H69ClN10O10S2. The Morgan fingerprint density at radius 3 is 2.31 bits per heavy atom. The number of nitrogens with one attached hydrogen (secondary N) is 5. The zero-order valence-corrected chi connectivity index (χ0v) is 47.1. The number of rotatable bonds is 25. The molecule has 0 saturated carbocycles. The van der Waals surface area contributed by atoms with Crippen molar-refractivity contribution < 1.29 is 46.7 Å². The molecule has 3 aliphatic heterocycles. The van der Waals surface area contributed by atoms with Crippen LogP contribution in [0.2, 0.25) is 5.02 Å². The van der Waals surface area contributed by atoms with E-state index in [1.807, 2.05) is 31.7 Å². The summed E-state index contributed by atoms with van der Waals surface area (Å²) in [6.45, 7) is 10.9. The Balaban J connectivity index is 0.821. The molecule has 23 heteroatoms. The zero-order valence-electron chi connectivity index (χ0n) is 44.7. The van der Waals surface area contributed by atoms with Crippen molar-refractivity contribution in [2.75, 3.05) is 61.0 Å². The molecule has 0 spiro atoms. The van der Waals surface area contributed by atoms with Crippen LogP contribution in [0.25, 0.3) is 0 Å². The molecular weight excluding hydrogens is 1060 g/mol. The smallest absolute Gasteiger partial charge is 0.264 e. The van der Waals surface area contributed by atoms with E-state index in [-0.39, 0.29) is 108 Å². The number of sulfone groups is 1. The highest BCUT2D eigenvalue weighted by Crippen LogP contribution is 2.39. The van der Waals surface area contributed by atoms with Crippen LogP contribution in [0.15, 0.2) is 65.7 Å². The summed E-state index contributed by atoms with van der Waals surface area (Å²) >= 11 is 10.8. The minimum absolute atomic E-state index is 0.0137. The van der Waals surface area contributed by atoms with Crippen LogP contribution in [-0.2, 0) is 33.8 Å². The van der Waals surface area contributed by atoms with Gasteiger partial charge in [-0.15, -0.1) is 0 Å². The molecule has 7 amide bonds. The van der Waals surface area contributed by atoms with Crippen molar-refractivity contribution in [2.45, 2.75) is 127 Å². The summed E-state index contributed by atoms with van der Waals surface area (Å²) in [4.78, 5) is 104. The van der Waals surface area contributed by atoms with Gasteiger partial charge in [0.25, 0.3) is 11.8 Å². The summed E-state index contributed by atoms with van der Waals surface area (Å²) in [5.74, 6) is -1.18. The Morgan fingerprint density at radius 1 is 0.885 bits per heavy atom. The number of carbonyl (C=O) groups excluding carboxylic acids is 7. The highest BCUT2D eigenvalue weighted by molar-refractivity contribution is 7.92. The molecule has 1 unspecified atom stereocenters. The highest BCUT2D eigenvalue weighted by atomic mass is 35.5. The summed E-state index contributed by atoms with van der Waals surface area (Å²) in [6, 6.07) is 14.3. The average molecular weight is 1130 g/mol. The normalized spacial score (nSPS) is 15.8. The van der Waals surface area contributed by atoms with Gasteiger partial charge in [0.15, 0.2) is 15.7 Å². The number of ether oxygens (including phenoxy) is 1. The summed E-state index contributed by atoms with van der Waals surface area (Å²) < 4.78 is 32.6. The predicted molar refractivity (Wildman–Crippen MR) is 301 cm³/mol. The average Bonchev–Trinajstić information content (AvgIpc) is 3.89. The first-order chi connectivity index (χ1) is 37.3. The fraction of sp³-hybridized carbons (Fsp3) is 0.473. The molecule has 2 saturated heterocycles. The van der Waals surface area contributed by atoms with Gasteiger partial charge in [-0.2, -0.15) is 17.6 Å². The van der Waals surface area contributed by atoms with Gasteiger partial charge >= 0.3 is 0 Å². The van der Waals surface area contributed by atoms with Crippen LogP contribution < -0.4 is 31.3 Å². The fourth-order valence-corrected chi connectivity index (χ4v) is 11.4. The number of hydrogen-bond donors (Lipinski definition) is 6. The van der Waals surface area contributed by atoms with Crippen LogP contribution in [0.5, 0.6) is 5.75 Å². The molecule has 78 heavy (non-hydrogen) atoms. The van der Waals surface area contributed by atoms with Crippen molar-refractivity contribution in [2.24, 2.45) is 0 Å². The topological polar surface area (TPSA) is 259 Å². The van der Waals surface area contributed by atoms with Crippen LogP contribution in [0, 0.1) is 6.92 Å². The van der Waals surface area contributed by atoms with E-state index in [0.717, 1.165) is 41.7 Å². The van der Waals surface area contributed by atoms with Crippen molar-refractivity contribution >= 4 is 104 Å². The quantitative estimate of drug-likeness (QED) is 0.0216. The van der Waals surface area contributed by atoms with Crippen LogP contribution in [0.4, 0.5) is 28.8 Å². The molecule has 2 fully saturated rings. The van der Waals surface area contributed by atoms with Gasteiger partial charge in [0.2, 0.25) is 35.5 Å². The van der Waals surface area contributed by atoms with Gasteiger partial charge in [0, 0.05) is 63.4 Å². The van der Waals surface area contributed by atoms with E-state index >= 15 is 0 Å². The number of carbonyl (C=O) groups is 7. The maximum Gasteiger partial charge on any atom is 0.264 e. The molecule has 3 aromatic carbocycles. The standard InChI is InChI=1S/C55H69ClN10O10S2/c1-33(2)76-44-30-38(35(5)29-42(44)61-55-59-31-39(56)51(63-55)60-40-14-10-11-16-45(40)78(74,75)34(3)4)36-21-25-64(26-22-36)48(69)17-8-6-7-9-18-49(70)65(27-28-77)32-47(68)58-24-23-57-41-15-12-13-37-50(41)54(73)66(53(37)72)43-19-20-46(67)62-52(43)71/h10-16,29-31,33-34,36,43,57,77H,6-9,17-28,32H2,1-5H3,(H,58,68)(H,62,67,71)(H2,59,60,61,63). The lowest BCUT2D eigenvalue weighted by atomic mass is 9.86. The van der Waals surface area contributed by atoms with Crippen molar-refractivity contribution in [1.82, 2.24) is 35.3 Å². The Morgan fingerprint density at radius 2 is 1.60 bits per heavy atom. The van der Waals surface area contributed by atoms with Crippen molar-refractivity contribution in [3.8, 4) is 5.75 Å². The minimum atomic E-state index is -3.61. The number of amides is 7. The molecule has 0 bridgehead atoms. The van der Waals surface area contributed by atoms with Crippen molar-refractivity contribution in [1.29, 1.82) is 0 Å². The lowest BCUT2D eigenvalue weighted by Crippen LogP contribution is -2.54. The van der Waals surface area contributed by atoms with Gasteiger partial charge in [-0.25, -0.2) is 13.4 Å². The molecule has 4 aromatic rings. The molecule has 7 rings (SSSR count). The number of aryl methyl sites for hydroxylation is 1. The Kier molecular flexibility index (Phi) is 20.2. The summed E-state index contributed by atoms with van der Waals surface area (Å²) in [7, 11) is -3.61. The van der Waals surface area contributed by atoms with E-state index in [0.29, 0.717) is 60.9 Å². The van der Waals surface area contributed by atoms with Crippen LogP contribution in [0.1, 0.15) is 130 Å². The number of piperidine rings is 2. The van der Waals surface area contributed by atoms with Crippen molar-refractivity contribution in [3.63, 3.8) is 0 Å². The van der Waals surface area contributed by atoms with E-state index in [9.17, 15) is 42.0 Å². The molecule has 1 aromatic heterocycles.